The van der Waals surface area contributed by atoms with Crippen molar-refractivity contribution in [3.8, 4) is 6.01 Å². The van der Waals surface area contributed by atoms with Crippen LogP contribution in [-0.2, 0) is 4.74 Å². The maximum Gasteiger partial charge on any atom is 0.322 e. The molecule has 0 amide bonds. The quantitative estimate of drug-likeness (QED) is 0.821. The molecular weight excluding hydrogens is 246 g/mol. The lowest BCUT2D eigenvalue weighted by molar-refractivity contribution is 0.193. The van der Waals surface area contributed by atoms with Crippen LogP contribution >= 0.6 is 0 Å². The second-order valence-corrected chi connectivity index (χ2v) is 4.50. The minimum atomic E-state index is 0.311. The normalized spacial score (nSPS) is 18.4. The highest BCUT2D eigenvalue weighted by Gasteiger charge is 2.23. The zero-order chi connectivity index (χ0) is 13.7. The monoisotopic (exact) mass is 267 g/mol. The minimum Gasteiger partial charge on any atom is -0.467 e. The maximum absolute atomic E-state index is 5.39. The second-order valence-electron chi connectivity index (χ2n) is 4.50. The third kappa shape index (κ3) is 3.44. The Labute approximate surface area is 113 Å². The third-order valence-electron chi connectivity index (χ3n) is 3.09. The van der Waals surface area contributed by atoms with Crippen molar-refractivity contribution in [2.75, 3.05) is 44.1 Å². The molecule has 0 bridgehead atoms. The zero-order valence-corrected chi connectivity index (χ0v) is 11.7. The summed E-state index contributed by atoms with van der Waals surface area (Å²) in [7, 11) is 3.53. The van der Waals surface area contributed by atoms with E-state index in [-0.39, 0.29) is 0 Å². The Morgan fingerprint density at radius 2 is 2.26 bits per heavy atom. The molecule has 0 aromatic carbocycles. The molecule has 1 unspecified atom stereocenters. The van der Waals surface area contributed by atoms with Crippen LogP contribution in [0.1, 0.15) is 19.8 Å². The smallest absolute Gasteiger partial charge is 0.322 e. The van der Waals surface area contributed by atoms with Gasteiger partial charge in [-0.1, -0.05) is 6.92 Å². The van der Waals surface area contributed by atoms with E-state index in [0.29, 0.717) is 30.6 Å². The van der Waals surface area contributed by atoms with Crippen molar-refractivity contribution in [2.45, 2.75) is 25.8 Å². The molecule has 1 aromatic rings. The highest BCUT2D eigenvalue weighted by atomic mass is 16.5. The number of ether oxygens (including phenoxy) is 2. The molecule has 19 heavy (non-hydrogen) atoms. The Kier molecular flexibility index (Phi) is 4.73. The van der Waals surface area contributed by atoms with Gasteiger partial charge < -0.3 is 19.7 Å². The first kappa shape index (κ1) is 13.8. The molecule has 1 atom stereocenters. The van der Waals surface area contributed by atoms with Gasteiger partial charge in [0.25, 0.3) is 0 Å². The first-order chi connectivity index (χ1) is 9.24. The fourth-order valence-corrected chi connectivity index (χ4v) is 1.90. The second kappa shape index (κ2) is 6.51. The predicted octanol–water partition coefficient (Wildman–Crippen LogP) is 0.927. The minimum absolute atomic E-state index is 0.311. The summed E-state index contributed by atoms with van der Waals surface area (Å²) >= 11 is 0. The van der Waals surface area contributed by atoms with E-state index in [1.54, 1.807) is 7.11 Å². The number of anilines is 2. The van der Waals surface area contributed by atoms with Crippen molar-refractivity contribution in [1.82, 2.24) is 15.0 Å². The van der Waals surface area contributed by atoms with Crippen LogP contribution < -0.4 is 15.0 Å². The van der Waals surface area contributed by atoms with Crippen LogP contribution in [0.25, 0.3) is 0 Å². The van der Waals surface area contributed by atoms with E-state index in [4.69, 9.17) is 9.47 Å². The molecule has 1 aliphatic heterocycles. The van der Waals surface area contributed by atoms with Gasteiger partial charge in [-0.25, -0.2) is 0 Å². The third-order valence-corrected chi connectivity index (χ3v) is 3.09. The van der Waals surface area contributed by atoms with Gasteiger partial charge in [-0.3, -0.25) is 0 Å². The molecule has 1 fully saturated rings. The largest absolute Gasteiger partial charge is 0.467 e. The molecule has 0 aliphatic carbocycles. The Balaban J connectivity index is 2.17. The maximum atomic E-state index is 5.39. The van der Waals surface area contributed by atoms with E-state index in [1.165, 1.54) is 0 Å². The lowest BCUT2D eigenvalue weighted by Gasteiger charge is -2.23. The van der Waals surface area contributed by atoms with Crippen LogP contribution in [-0.4, -0.2) is 54.9 Å². The van der Waals surface area contributed by atoms with Gasteiger partial charge in [-0.05, 0) is 12.8 Å². The van der Waals surface area contributed by atoms with Crippen molar-refractivity contribution in [1.29, 1.82) is 0 Å². The lowest BCUT2D eigenvalue weighted by Crippen LogP contribution is -2.33. The summed E-state index contributed by atoms with van der Waals surface area (Å²) in [4.78, 5) is 14.9. The number of rotatable bonds is 6. The Morgan fingerprint density at radius 3 is 2.89 bits per heavy atom. The number of hydrogen-bond donors (Lipinski definition) is 1. The molecule has 1 aromatic heterocycles. The van der Waals surface area contributed by atoms with Gasteiger partial charge in [0.2, 0.25) is 11.9 Å². The van der Waals surface area contributed by atoms with Crippen LogP contribution in [0.3, 0.4) is 0 Å². The molecule has 0 spiro atoms. The van der Waals surface area contributed by atoms with Crippen molar-refractivity contribution in [3.63, 3.8) is 0 Å². The lowest BCUT2D eigenvalue weighted by atomic mass is 10.2. The van der Waals surface area contributed by atoms with Gasteiger partial charge >= 0.3 is 6.01 Å². The van der Waals surface area contributed by atoms with Crippen LogP contribution in [0.4, 0.5) is 11.9 Å². The number of nitrogens with zero attached hydrogens (tertiary/aromatic N) is 4. The Morgan fingerprint density at radius 1 is 1.42 bits per heavy atom. The highest BCUT2D eigenvalue weighted by molar-refractivity contribution is 5.38. The molecule has 2 rings (SSSR count). The fourth-order valence-electron chi connectivity index (χ4n) is 1.90. The summed E-state index contributed by atoms with van der Waals surface area (Å²) in [6.07, 6.45) is 2.00. The fraction of sp³-hybridized carbons (Fsp3) is 0.750. The molecule has 1 N–H and O–H groups in total. The predicted molar refractivity (Wildman–Crippen MR) is 72.8 cm³/mol. The molecule has 1 aliphatic rings. The highest BCUT2D eigenvalue weighted by Crippen LogP contribution is 2.19. The van der Waals surface area contributed by atoms with Gasteiger partial charge in [0.15, 0.2) is 0 Å². The summed E-state index contributed by atoms with van der Waals surface area (Å²) in [5, 5.41) is 3.15. The number of nitrogens with one attached hydrogen (secondary N) is 1. The first-order valence-electron chi connectivity index (χ1n) is 6.59. The zero-order valence-electron chi connectivity index (χ0n) is 11.7. The topological polar surface area (TPSA) is 72.4 Å². The van der Waals surface area contributed by atoms with Crippen LogP contribution in [0.15, 0.2) is 0 Å². The molecular formula is C12H21N5O2. The van der Waals surface area contributed by atoms with E-state index in [2.05, 4.69) is 27.2 Å². The van der Waals surface area contributed by atoms with E-state index >= 15 is 0 Å². The molecule has 0 saturated carbocycles. The van der Waals surface area contributed by atoms with Gasteiger partial charge in [-0.15, -0.1) is 0 Å². The van der Waals surface area contributed by atoms with Crippen molar-refractivity contribution >= 4 is 11.9 Å². The van der Waals surface area contributed by atoms with Gasteiger partial charge in [0.1, 0.15) is 0 Å². The number of likely N-dealkylation sites (N-methyl/N-ethyl adjacent to an activating group) is 1. The summed E-state index contributed by atoms with van der Waals surface area (Å²) in [6.45, 7) is 4.41. The average Bonchev–Trinajstić information content (AvgIpc) is 2.98. The van der Waals surface area contributed by atoms with Crippen LogP contribution in [0.2, 0.25) is 0 Å². The molecule has 7 heteroatoms. The summed E-state index contributed by atoms with van der Waals surface area (Å²) < 4.78 is 10.5. The average molecular weight is 267 g/mol. The van der Waals surface area contributed by atoms with E-state index in [9.17, 15) is 0 Å². The molecule has 106 valence electrons. The molecule has 0 radical (unpaired) electrons. The van der Waals surface area contributed by atoms with Gasteiger partial charge in [0.05, 0.1) is 19.8 Å². The van der Waals surface area contributed by atoms with Crippen LogP contribution in [0, 0.1) is 0 Å². The summed E-state index contributed by atoms with van der Waals surface area (Å²) in [5.41, 5.74) is 0. The van der Waals surface area contributed by atoms with Crippen LogP contribution in [0.5, 0.6) is 6.01 Å². The number of aromatic nitrogens is 3. The van der Waals surface area contributed by atoms with Crippen molar-refractivity contribution < 1.29 is 9.47 Å². The van der Waals surface area contributed by atoms with E-state index in [1.807, 2.05) is 11.9 Å². The van der Waals surface area contributed by atoms with Crippen molar-refractivity contribution in [2.24, 2.45) is 0 Å². The van der Waals surface area contributed by atoms with E-state index < -0.39 is 0 Å². The molecule has 2 heterocycles. The summed E-state index contributed by atoms with van der Waals surface area (Å²) in [5.74, 6) is 1.16. The van der Waals surface area contributed by atoms with Crippen molar-refractivity contribution in [3.05, 3.63) is 0 Å². The van der Waals surface area contributed by atoms with Gasteiger partial charge in [0, 0.05) is 20.2 Å². The molecule has 1 saturated heterocycles. The summed E-state index contributed by atoms with van der Waals surface area (Å²) in [6, 6.07) is 0.639. The Bertz CT molecular complexity index is 409. The number of methoxy groups -OCH3 is 1. The van der Waals surface area contributed by atoms with Gasteiger partial charge in [-0.2, -0.15) is 15.0 Å². The standard InChI is InChI=1S/C12H21N5O2/c1-4-6-13-10-14-11(16-12(15-10)18-3)17(2)9-5-7-19-8-9/h9H,4-8H2,1-3H3,(H,13,14,15,16). The molecule has 7 nitrogen and oxygen atoms in total. The van der Waals surface area contributed by atoms with E-state index in [0.717, 1.165) is 26.0 Å². The Hall–Kier alpha value is -1.63. The first-order valence-corrected chi connectivity index (χ1v) is 6.59. The number of hydrogen-bond acceptors (Lipinski definition) is 7. The SMILES string of the molecule is CCCNc1nc(OC)nc(N(C)C2CCOC2)n1.